The van der Waals surface area contributed by atoms with E-state index in [4.69, 9.17) is 4.74 Å². The third kappa shape index (κ3) is 3.25. The summed E-state index contributed by atoms with van der Waals surface area (Å²) in [5, 5.41) is 13.3. The molecule has 0 spiro atoms. The molecule has 2 amide bonds. The number of aromatic nitrogens is 2. The van der Waals surface area contributed by atoms with Gasteiger partial charge < -0.3 is 20.7 Å². The minimum absolute atomic E-state index is 0. The van der Waals surface area contributed by atoms with E-state index in [-0.39, 0.29) is 30.8 Å². The lowest BCUT2D eigenvalue weighted by Gasteiger charge is -2.36. The molecule has 0 saturated carbocycles. The van der Waals surface area contributed by atoms with Crippen molar-refractivity contribution < 1.29 is 14.3 Å². The molecule has 1 fully saturated rings. The van der Waals surface area contributed by atoms with E-state index in [1.54, 1.807) is 29.1 Å². The number of nitrogens with zero attached hydrogens (tertiary/aromatic N) is 2. The number of fused-ring (bicyclic) bond motifs is 1. The molecular weight excluding hydrogens is 358 g/mol. The zero-order chi connectivity index (χ0) is 17.3. The minimum Gasteiger partial charge on any atom is -0.482 e. The number of nitrogens with one attached hydrogen (secondary N) is 3. The Bertz CT molecular complexity index is 803. The van der Waals surface area contributed by atoms with Gasteiger partial charge in [-0.1, -0.05) is 0 Å². The van der Waals surface area contributed by atoms with E-state index in [1.165, 1.54) is 0 Å². The van der Waals surface area contributed by atoms with Gasteiger partial charge in [0.15, 0.2) is 6.61 Å². The SMILES string of the molecule is Cl.O=C1COc2cc(NC(=O)C3(n4cccn4)CCNCC3)ccc2N1. The summed E-state index contributed by atoms with van der Waals surface area (Å²) in [7, 11) is 0. The fourth-order valence-electron chi connectivity index (χ4n) is 3.32. The second-order valence-electron chi connectivity index (χ2n) is 6.23. The predicted octanol–water partition coefficient (Wildman–Crippen LogP) is 1.35. The van der Waals surface area contributed by atoms with Gasteiger partial charge in [-0.3, -0.25) is 14.3 Å². The molecule has 1 saturated heterocycles. The highest BCUT2D eigenvalue weighted by Crippen LogP contribution is 2.33. The smallest absolute Gasteiger partial charge is 0.262 e. The molecule has 9 heteroatoms. The molecule has 138 valence electrons. The molecule has 0 bridgehead atoms. The van der Waals surface area contributed by atoms with Gasteiger partial charge in [-0.15, -0.1) is 12.4 Å². The first-order valence-electron chi connectivity index (χ1n) is 8.26. The van der Waals surface area contributed by atoms with Gasteiger partial charge in [-0.05, 0) is 44.1 Å². The Balaban J connectivity index is 0.00000196. The van der Waals surface area contributed by atoms with Crippen LogP contribution < -0.4 is 20.7 Å². The zero-order valence-corrected chi connectivity index (χ0v) is 14.8. The summed E-state index contributed by atoms with van der Waals surface area (Å²) in [5.74, 6) is 0.268. The quantitative estimate of drug-likeness (QED) is 0.750. The first-order valence-corrected chi connectivity index (χ1v) is 8.26. The Labute approximate surface area is 156 Å². The van der Waals surface area contributed by atoms with Crippen LogP contribution in [0.3, 0.4) is 0 Å². The van der Waals surface area contributed by atoms with Crippen molar-refractivity contribution in [3.8, 4) is 5.75 Å². The van der Waals surface area contributed by atoms with Crippen LogP contribution in [0.1, 0.15) is 12.8 Å². The molecule has 2 aliphatic heterocycles. The maximum atomic E-state index is 13.1. The van der Waals surface area contributed by atoms with Gasteiger partial charge in [-0.2, -0.15) is 5.10 Å². The lowest BCUT2D eigenvalue weighted by Crippen LogP contribution is -2.52. The van der Waals surface area contributed by atoms with Crippen molar-refractivity contribution in [3.05, 3.63) is 36.7 Å². The third-order valence-corrected chi connectivity index (χ3v) is 4.67. The number of ether oxygens (including phenoxy) is 1. The normalized spacial score (nSPS) is 17.9. The van der Waals surface area contributed by atoms with Crippen molar-refractivity contribution in [2.75, 3.05) is 30.3 Å². The number of carbonyl (C=O) groups excluding carboxylic acids is 2. The summed E-state index contributed by atoms with van der Waals surface area (Å²) < 4.78 is 7.16. The highest BCUT2D eigenvalue weighted by atomic mass is 35.5. The third-order valence-electron chi connectivity index (χ3n) is 4.67. The maximum absolute atomic E-state index is 13.1. The number of amides is 2. The summed E-state index contributed by atoms with van der Waals surface area (Å²) in [5.41, 5.74) is 0.530. The fourth-order valence-corrected chi connectivity index (χ4v) is 3.32. The van der Waals surface area contributed by atoms with Crippen LogP contribution in [0.4, 0.5) is 11.4 Å². The van der Waals surface area contributed by atoms with Gasteiger partial charge in [0.2, 0.25) is 0 Å². The average molecular weight is 378 g/mol. The molecule has 1 aromatic carbocycles. The molecule has 3 heterocycles. The first kappa shape index (κ1) is 18.2. The van der Waals surface area contributed by atoms with Crippen molar-refractivity contribution in [1.29, 1.82) is 0 Å². The molecule has 1 aromatic heterocycles. The highest BCUT2D eigenvalue weighted by molar-refractivity contribution is 5.99. The Kier molecular flexibility index (Phi) is 5.15. The molecular formula is C17H20ClN5O3. The van der Waals surface area contributed by atoms with E-state index >= 15 is 0 Å². The molecule has 0 aliphatic carbocycles. The fraction of sp³-hybridized carbons (Fsp3) is 0.353. The molecule has 0 radical (unpaired) electrons. The van der Waals surface area contributed by atoms with Crippen LogP contribution in [0.5, 0.6) is 5.75 Å². The molecule has 2 aromatic rings. The zero-order valence-electron chi connectivity index (χ0n) is 14.0. The minimum atomic E-state index is -0.709. The van der Waals surface area contributed by atoms with E-state index < -0.39 is 5.54 Å². The highest BCUT2D eigenvalue weighted by Gasteiger charge is 2.42. The van der Waals surface area contributed by atoms with Crippen LogP contribution in [0.2, 0.25) is 0 Å². The van der Waals surface area contributed by atoms with Crippen molar-refractivity contribution in [1.82, 2.24) is 15.1 Å². The van der Waals surface area contributed by atoms with Crippen molar-refractivity contribution >= 4 is 35.6 Å². The molecule has 4 rings (SSSR count). The maximum Gasteiger partial charge on any atom is 0.262 e. The van der Waals surface area contributed by atoms with Crippen LogP contribution in [0, 0.1) is 0 Å². The number of anilines is 2. The van der Waals surface area contributed by atoms with Gasteiger partial charge in [0.25, 0.3) is 11.8 Å². The summed E-state index contributed by atoms with van der Waals surface area (Å²) in [6.07, 6.45) is 4.85. The summed E-state index contributed by atoms with van der Waals surface area (Å²) in [6.45, 7) is 1.49. The molecule has 8 nitrogen and oxygen atoms in total. The second-order valence-corrected chi connectivity index (χ2v) is 6.23. The van der Waals surface area contributed by atoms with Crippen molar-refractivity contribution in [2.24, 2.45) is 0 Å². The summed E-state index contributed by atoms with van der Waals surface area (Å²) >= 11 is 0. The number of hydrogen-bond acceptors (Lipinski definition) is 5. The number of piperidine rings is 1. The predicted molar refractivity (Wildman–Crippen MR) is 98.7 cm³/mol. The van der Waals surface area contributed by atoms with E-state index in [0.717, 1.165) is 13.1 Å². The number of halogens is 1. The van der Waals surface area contributed by atoms with Gasteiger partial charge >= 0.3 is 0 Å². The van der Waals surface area contributed by atoms with Crippen molar-refractivity contribution in [3.63, 3.8) is 0 Å². The monoisotopic (exact) mass is 377 g/mol. The van der Waals surface area contributed by atoms with Crippen LogP contribution >= 0.6 is 12.4 Å². The van der Waals surface area contributed by atoms with E-state index in [0.29, 0.717) is 30.0 Å². The second kappa shape index (κ2) is 7.35. The topological polar surface area (TPSA) is 97.3 Å². The van der Waals surface area contributed by atoms with E-state index in [2.05, 4.69) is 21.0 Å². The average Bonchev–Trinajstić information content (AvgIpc) is 3.17. The molecule has 3 N–H and O–H groups in total. The van der Waals surface area contributed by atoms with E-state index in [1.807, 2.05) is 12.3 Å². The van der Waals surface area contributed by atoms with Crippen LogP contribution in [0.25, 0.3) is 0 Å². The molecule has 26 heavy (non-hydrogen) atoms. The van der Waals surface area contributed by atoms with E-state index in [9.17, 15) is 9.59 Å². The summed E-state index contributed by atoms with van der Waals surface area (Å²) in [4.78, 5) is 24.4. The standard InChI is InChI=1S/C17H19N5O3.ClH/c23-15-11-25-14-10-12(2-3-13(14)21-15)20-16(24)17(4-7-18-8-5-17)22-9-1-6-19-22;/h1-3,6,9-10,18H,4-5,7-8,11H2,(H,20,24)(H,21,23);1H. The van der Waals surface area contributed by atoms with Gasteiger partial charge in [0, 0.05) is 24.1 Å². The Morgan fingerprint density at radius 1 is 1.31 bits per heavy atom. The number of benzene rings is 1. The van der Waals surface area contributed by atoms with Crippen molar-refractivity contribution in [2.45, 2.75) is 18.4 Å². The van der Waals surface area contributed by atoms with Gasteiger partial charge in [-0.25, -0.2) is 0 Å². The molecule has 2 aliphatic rings. The largest absolute Gasteiger partial charge is 0.482 e. The number of hydrogen-bond donors (Lipinski definition) is 3. The first-order chi connectivity index (χ1) is 12.2. The Morgan fingerprint density at radius 2 is 2.12 bits per heavy atom. The number of carbonyl (C=O) groups is 2. The summed E-state index contributed by atoms with van der Waals surface area (Å²) in [6, 6.07) is 7.03. The number of rotatable bonds is 3. The molecule has 0 unspecified atom stereocenters. The van der Waals surface area contributed by atoms with Crippen LogP contribution in [-0.4, -0.2) is 41.3 Å². The van der Waals surface area contributed by atoms with Gasteiger partial charge in [0.1, 0.15) is 11.3 Å². The Hall–Kier alpha value is -2.58. The van der Waals surface area contributed by atoms with Crippen LogP contribution in [-0.2, 0) is 15.1 Å². The van der Waals surface area contributed by atoms with Gasteiger partial charge in [0.05, 0.1) is 5.69 Å². The van der Waals surface area contributed by atoms with Crippen LogP contribution in [0.15, 0.2) is 36.7 Å². The lowest BCUT2D eigenvalue weighted by molar-refractivity contribution is -0.126. The molecule has 0 atom stereocenters. The Morgan fingerprint density at radius 3 is 2.85 bits per heavy atom. The lowest BCUT2D eigenvalue weighted by atomic mass is 9.87.